The molecule has 4 rings (SSSR count). The number of carbonyl (C=O) groups is 1. The average molecular weight is 422 g/mol. The highest BCUT2D eigenvalue weighted by Crippen LogP contribution is 2.34. The van der Waals surface area contributed by atoms with Crippen molar-refractivity contribution in [2.24, 2.45) is 7.05 Å². The van der Waals surface area contributed by atoms with E-state index >= 15 is 0 Å². The molecule has 0 saturated carbocycles. The van der Waals surface area contributed by atoms with Gasteiger partial charge < -0.3 is 9.80 Å². The first-order valence-electron chi connectivity index (χ1n) is 9.50. The van der Waals surface area contributed by atoms with Crippen LogP contribution in [0.3, 0.4) is 0 Å². The topological polar surface area (TPSA) is 85.0 Å². The fraction of sp³-hybridized carbons (Fsp3) is 0.500. The predicted molar refractivity (Wildman–Crippen MR) is 102 cm³/mol. The number of piperazine rings is 1. The second-order valence-electron chi connectivity index (χ2n) is 7.42. The van der Waals surface area contributed by atoms with Gasteiger partial charge in [-0.1, -0.05) is 0 Å². The minimum absolute atomic E-state index is 0.273. The van der Waals surface area contributed by atoms with E-state index in [-0.39, 0.29) is 13.1 Å². The molecule has 0 atom stereocenters. The Bertz CT molecular complexity index is 1080. The van der Waals surface area contributed by atoms with Crippen LogP contribution in [-0.4, -0.2) is 66.5 Å². The lowest BCUT2D eigenvalue weighted by Crippen LogP contribution is -2.49. The van der Waals surface area contributed by atoms with Crippen molar-refractivity contribution in [2.75, 3.05) is 31.1 Å². The standard InChI is InChI=1S/C18H21F3N8O/c1-11(2)29-14(18(19,20)21)12(8-25-29)17(30)28-6-4-27(5-7-28)16-13-9-24-26(3)15(13)22-10-23-16/h8-11H,4-7H2,1-3H3. The summed E-state index contributed by atoms with van der Waals surface area (Å²) in [6.07, 6.45) is -0.521. The van der Waals surface area contributed by atoms with Gasteiger partial charge in [0.1, 0.15) is 12.1 Å². The Labute approximate surface area is 170 Å². The first-order valence-corrected chi connectivity index (χ1v) is 9.50. The maximum absolute atomic E-state index is 13.6. The van der Waals surface area contributed by atoms with Crippen molar-refractivity contribution in [1.82, 2.24) is 34.4 Å². The molecule has 3 aromatic rings. The third-order valence-electron chi connectivity index (χ3n) is 5.16. The monoisotopic (exact) mass is 422 g/mol. The number of anilines is 1. The lowest BCUT2D eigenvalue weighted by atomic mass is 10.1. The van der Waals surface area contributed by atoms with Crippen molar-refractivity contribution in [3.8, 4) is 0 Å². The molecular formula is C18H21F3N8O. The molecule has 0 spiro atoms. The van der Waals surface area contributed by atoms with Gasteiger partial charge in [0.25, 0.3) is 5.91 Å². The van der Waals surface area contributed by atoms with Crippen molar-refractivity contribution in [2.45, 2.75) is 26.1 Å². The Balaban J connectivity index is 1.54. The third kappa shape index (κ3) is 3.35. The van der Waals surface area contributed by atoms with Gasteiger partial charge in [-0.25, -0.2) is 9.97 Å². The maximum Gasteiger partial charge on any atom is 0.433 e. The molecule has 3 aromatic heterocycles. The molecule has 4 heterocycles. The van der Waals surface area contributed by atoms with Crippen LogP contribution in [0.15, 0.2) is 18.7 Å². The molecule has 0 unspecified atom stereocenters. The number of rotatable bonds is 3. The predicted octanol–water partition coefficient (Wildman–Crippen LogP) is 2.12. The quantitative estimate of drug-likeness (QED) is 0.643. The van der Waals surface area contributed by atoms with Crippen LogP contribution < -0.4 is 4.90 Å². The van der Waals surface area contributed by atoms with Crippen LogP contribution in [-0.2, 0) is 13.2 Å². The Morgan fingerprint density at radius 3 is 2.40 bits per heavy atom. The molecule has 1 amide bonds. The minimum atomic E-state index is -4.67. The molecule has 0 bridgehead atoms. The van der Waals surface area contributed by atoms with Crippen molar-refractivity contribution in [3.63, 3.8) is 0 Å². The second kappa shape index (κ2) is 7.26. The summed E-state index contributed by atoms with van der Waals surface area (Å²) in [4.78, 5) is 24.8. The molecular weight excluding hydrogens is 401 g/mol. The molecule has 0 N–H and O–H groups in total. The van der Waals surface area contributed by atoms with E-state index in [1.165, 1.54) is 11.2 Å². The largest absolute Gasteiger partial charge is 0.433 e. The number of aryl methyl sites for hydroxylation is 1. The number of hydrogen-bond acceptors (Lipinski definition) is 6. The molecule has 0 aromatic carbocycles. The van der Waals surface area contributed by atoms with E-state index < -0.39 is 29.4 Å². The zero-order valence-electron chi connectivity index (χ0n) is 16.8. The van der Waals surface area contributed by atoms with E-state index in [2.05, 4.69) is 20.2 Å². The molecule has 30 heavy (non-hydrogen) atoms. The van der Waals surface area contributed by atoms with Crippen LogP contribution >= 0.6 is 0 Å². The van der Waals surface area contributed by atoms with Gasteiger partial charge in [-0.15, -0.1) is 0 Å². The van der Waals surface area contributed by atoms with Crippen molar-refractivity contribution < 1.29 is 18.0 Å². The number of amides is 1. The molecule has 1 aliphatic heterocycles. The van der Waals surface area contributed by atoms with Crippen LogP contribution in [0.1, 0.15) is 35.9 Å². The number of fused-ring (bicyclic) bond motifs is 1. The van der Waals surface area contributed by atoms with Gasteiger partial charge in [-0.05, 0) is 13.8 Å². The van der Waals surface area contributed by atoms with Gasteiger partial charge in [0, 0.05) is 39.3 Å². The molecule has 9 nitrogen and oxygen atoms in total. The third-order valence-corrected chi connectivity index (χ3v) is 5.16. The number of halogens is 3. The van der Waals surface area contributed by atoms with Crippen LogP contribution in [0, 0.1) is 0 Å². The molecule has 1 fully saturated rings. The maximum atomic E-state index is 13.6. The zero-order valence-corrected chi connectivity index (χ0v) is 16.8. The van der Waals surface area contributed by atoms with Crippen LogP contribution in [0.4, 0.5) is 19.0 Å². The normalized spacial score (nSPS) is 15.4. The highest BCUT2D eigenvalue weighted by atomic mass is 19.4. The number of aromatic nitrogens is 6. The summed E-state index contributed by atoms with van der Waals surface area (Å²) in [5, 5.41) is 8.79. The number of carbonyl (C=O) groups excluding carboxylic acids is 1. The van der Waals surface area contributed by atoms with Gasteiger partial charge in [-0.3, -0.25) is 14.2 Å². The lowest BCUT2D eigenvalue weighted by molar-refractivity contribution is -0.145. The number of nitrogens with zero attached hydrogens (tertiary/aromatic N) is 8. The fourth-order valence-corrected chi connectivity index (χ4v) is 3.69. The second-order valence-corrected chi connectivity index (χ2v) is 7.42. The summed E-state index contributed by atoms with van der Waals surface area (Å²) in [7, 11) is 1.78. The van der Waals surface area contributed by atoms with E-state index in [4.69, 9.17) is 0 Å². The molecule has 0 aliphatic carbocycles. The average Bonchev–Trinajstić information content (AvgIpc) is 3.32. The van der Waals surface area contributed by atoms with E-state index in [9.17, 15) is 18.0 Å². The summed E-state index contributed by atoms with van der Waals surface area (Å²) in [5.74, 6) is 0.0342. The molecule has 0 radical (unpaired) electrons. The van der Waals surface area contributed by atoms with Crippen molar-refractivity contribution >= 4 is 22.8 Å². The molecule has 12 heteroatoms. The van der Waals surface area contributed by atoms with Gasteiger partial charge in [0.2, 0.25) is 0 Å². The van der Waals surface area contributed by atoms with Crippen LogP contribution in [0.25, 0.3) is 11.0 Å². The zero-order chi connectivity index (χ0) is 21.6. The summed E-state index contributed by atoms with van der Waals surface area (Å²) in [5.41, 5.74) is -0.728. The summed E-state index contributed by atoms with van der Waals surface area (Å²) in [6, 6.07) is -0.514. The minimum Gasteiger partial charge on any atom is -0.352 e. The van der Waals surface area contributed by atoms with E-state index in [0.717, 1.165) is 16.3 Å². The van der Waals surface area contributed by atoms with Gasteiger partial charge >= 0.3 is 6.18 Å². The molecule has 1 aliphatic rings. The van der Waals surface area contributed by atoms with Crippen molar-refractivity contribution in [1.29, 1.82) is 0 Å². The molecule has 160 valence electrons. The Kier molecular flexibility index (Phi) is 4.86. The lowest BCUT2D eigenvalue weighted by Gasteiger charge is -2.35. The fourth-order valence-electron chi connectivity index (χ4n) is 3.69. The first-order chi connectivity index (χ1) is 14.2. The summed E-state index contributed by atoms with van der Waals surface area (Å²) >= 11 is 0. The van der Waals surface area contributed by atoms with Gasteiger partial charge in [-0.2, -0.15) is 23.4 Å². The molecule has 1 saturated heterocycles. The Hall–Kier alpha value is -3.18. The first kappa shape index (κ1) is 20.1. The number of hydrogen-bond donors (Lipinski definition) is 0. The smallest absolute Gasteiger partial charge is 0.352 e. The van der Waals surface area contributed by atoms with Crippen molar-refractivity contribution in [3.05, 3.63) is 30.0 Å². The van der Waals surface area contributed by atoms with E-state index in [0.29, 0.717) is 24.6 Å². The highest BCUT2D eigenvalue weighted by molar-refractivity contribution is 5.95. The summed E-state index contributed by atoms with van der Waals surface area (Å²) < 4.78 is 43.3. The van der Waals surface area contributed by atoms with E-state index in [1.54, 1.807) is 31.8 Å². The summed E-state index contributed by atoms with van der Waals surface area (Å²) in [6.45, 7) is 4.61. The Morgan fingerprint density at radius 1 is 1.07 bits per heavy atom. The van der Waals surface area contributed by atoms with Gasteiger partial charge in [0.15, 0.2) is 11.3 Å². The highest BCUT2D eigenvalue weighted by Gasteiger charge is 2.41. The van der Waals surface area contributed by atoms with Crippen LogP contribution in [0.5, 0.6) is 0 Å². The SMILES string of the molecule is CC(C)n1ncc(C(=O)N2CCN(c3ncnc4c3cnn4C)CC2)c1C(F)(F)F. The van der Waals surface area contributed by atoms with E-state index in [1.807, 2.05) is 4.90 Å². The Morgan fingerprint density at radius 2 is 1.77 bits per heavy atom. The van der Waals surface area contributed by atoms with Crippen LogP contribution in [0.2, 0.25) is 0 Å². The van der Waals surface area contributed by atoms with Gasteiger partial charge in [0.05, 0.1) is 23.3 Å². The number of alkyl halides is 3.